The molecule has 0 aliphatic heterocycles. The molecular formula is C15H11BrFN3. The maximum absolute atomic E-state index is 13.4. The molecule has 0 amide bonds. The summed E-state index contributed by atoms with van der Waals surface area (Å²) in [4.78, 5) is 0. The van der Waals surface area contributed by atoms with Gasteiger partial charge in [0.1, 0.15) is 18.0 Å². The summed E-state index contributed by atoms with van der Waals surface area (Å²) in [5.41, 5.74) is 1.84. The highest BCUT2D eigenvalue weighted by Crippen LogP contribution is 2.18. The molecule has 0 saturated heterocycles. The van der Waals surface area contributed by atoms with E-state index >= 15 is 0 Å². The van der Waals surface area contributed by atoms with Crippen molar-refractivity contribution in [3.8, 4) is 5.69 Å². The Labute approximate surface area is 124 Å². The van der Waals surface area contributed by atoms with Crippen LogP contribution >= 0.6 is 15.9 Å². The van der Waals surface area contributed by atoms with Crippen molar-refractivity contribution in [2.45, 2.75) is 6.42 Å². The molecule has 0 bridgehead atoms. The largest absolute Gasteiger partial charge is 0.285 e. The fourth-order valence-electron chi connectivity index (χ4n) is 2.08. The van der Waals surface area contributed by atoms with Crippen molar-refractivity contribution < 1.29 is 4.39 Å². The van der Waals surface area contributed by atoms with Crippen LogP contribution in [0.25, 0.3) is 5.69 Å². The van der Waals surface area contributed by atoms with Crippen LogP contribution in [-0.4, -0.2) is 14.8 Å². The third-order valence-corrected chi connectivity index (χ3v) is 3.40. The Morgan fingerprint density at radius 3 is 2.65 bits per heavy atom. The van der Waals surface area contributed by atoms with Crippen LogP contribution in [0.1, 0.15) is 11.4 Å². The van der Waals surface area contributed by atoms with E-state index in [1.165, 1.54) is 12.1 Å². The number of rotatable bonds is 3. The van der Waals surface area contributed by atoms with Gasteiger partial charge in [0.05, 0.1) is 0 Å². The van der Waals surface area contributed by atoms with E-state index in [9.17, 15) is 4.39 Å². The summed E-state index contributed by atoms with van der Waals surface area (Å²) in [6, 6.07) is 14.7. The van der Waals surface area contributed by atoms with Crippen LogP contribution in [0.4, 0.5) is 4.39 Å². The number of benzene rings is 2. The van der Waals surface area contributed by atoms with Crippen molar-refractivity contribution in [3.63, 3.8) is 0 Å². The van der Waals surface area contributed by atoms with Gasteiger partial charge in [-0.25, -0.2) is 4.39 Å². The summed E-state index contributed by atoms with van der Waals surface area (Å²) in [5, 5.41) is 8.07. The normalized spacial score (nSPS) is 10.7. The van der Waals surface area contributed by atoms with E-state index in [-0.39, 0.29) is 5.82 Å². The average Bonchev–Trinajstić information content (AvgIpc) is 2.86. The maximum Gasteiger partial charge on any atom is 0.141 e. The van der Waals surface area contributed by atoms with Gasteiger partial charge >= 0.3 is 0 Å². The van der Waals surface area contributed by atoms with Crippen molar-refractivity contribution in [3.05, 3.63) is 76.5 Å². The molecule has 3 rings (SSSR count). The van der Waals surface area contributed by atoms with Gasteiger partial charge < -0.3 is 0 Å². The first-order valence-electron chi connectivity index (χ1n) is 6.12. The SMILES string of the molecule is Fc1cc(Br)cc(Cc2nncn2-c2ccccc2)c1. The summed E-state index contributed by atoms with van der Waals surface area (Å²) < 4.78 is 16.0. The molecule has 20 heavy (non-hydrogen) atoms. The van der Waals surface area contributed by atoms with Crippen molar-refractivity contribution >= 4 is 15.9 Å². The van der Waals surface area contributed by atoms with Crippen LogP contribution in [0, 0.1) is 5.82 Å². The van der Waals surface area contributed by atoms with Gasteiger partial charge in [0.2, 0.25) is 0 Å². The number of hydrogen-bond acceptors (Lipinski definition) is 2. The predicted octanol–water partition coefficient (Wildman–Crippen LogP) is 3.76. The minimum atomic E-state index is -0.264. The summed E-state index contributed by atoms with van der Waals surface area (Å²) in [6.45, 7) is 0. The first-order valence-corrected chi connectivity index (χ1v) is 6.91. The monoisotopic (exact) mass is 331 g/mol. The zero-order chi connectivity index (χ0) is 13.9. The molecule has 0 spiro atoms. The van der Waals surface area contributed by atoms with E-state index in [4.69, 9.17) is 0 Å². The Morgan fingerprint density at radius 1 is 1.10 bits per heavy atom. The number of para-hydroxylation sites is 1. The quantitative estimate of drug-likeness (QED) is 0.731. The molecule has 0 radical (unpaired) electrons. The summed E-state index contributed by atoms with van der Waals surface area (Å²) in [5.74, 6) is 0.508. The van der Waals surface area contributed by atoms with Gasteiger partial charge in [-0.1, -0.05) is 34.1 Å². The number of halogens is 2. The van der Waals surface area contributed by atoms with E-state index < -0.39 is 0 Å². The highest BCUT2D eigenvalue weighted by Gasteiger charge is 2.08. The minimum Gasteiger partial charge on any atom is -0.285 e. The van der Waals surface area contributed by atoms with Crippen LogP contribution in [0.15, 0.2) is 59.3 Å². The lowest BCUT2D eigenvalue weighted by Gasteiger charge is -2.07. The summed E-state index contributed by atoms with van der Waals surface area (Å²) in [6.07, 6.45) is 2.18. The van der Waals surface area contributed by atoms with Crippen molar-refractivity contribution in [2.24, 2.45) is 0 Å². The van der Waals surface area contributed by atoms with Gasteiger partial charge in [-0.2, -0.15) is 0 Å². The number of nitrogens with zero attached hydrogens (tertiary/aromatic N) is 3. The Hall–Kier alpha value is -2.01. The van der Waals surface area contributed by atoms with Crippen LogP contribution in [0.5, 0.6) is 0 Å². The van der Waals surface area contributed by atoms with Gasteiger partial charge in [-0.05, 0) is 35.9 Å². The summed E-state index contributed by atoms with van der Waals surface area (Å²) >= 11 is 3.30. The molecule has 3 aromatic rings. The van der Waals surface area contributed by atoms with E-state index in [2.05, 4.69) is 26.1 Å². The molecule has 0 N–H and O–H groups in total. The van der Waals surface area contributed by atoms with Gasteiger partial charge in [0.15, 0.2) is 0 Å². The predicted molar refractivity (Wildman–Crippen MR) is 78.3 cm³/mol. The molecule has 100 valence electrons. The number of aromatic nitrogens is 3. The van der Waals surface area contributed by atoms with Crippen LogP contribution in [0.2, 0.25) is 0 Å². The van der Waals surface area contributed by atoms with Crippen molar-refractivity contribution in [2.75, 3.05) is 0 Å². The highest BCUT2D eigenvalue weighted by atomic mass is 79.9. The smallest absolute Gasteiger partial charge is 0.141 e. The van der Waals surface area contributed by atoms with Crippen LogP contribution in [-0.2, 0) is 6.42 Å². The Kier molecular flexibility index (Phi) is 3.60. The van der Waals surface area contributed by atoms with Gasteiger partial charge in [0, 0.05) is 16.6 Å². The lowest BCUT2D eigenvalue weighted by molar-refractivity contribution is 0.624. The second kappa shape index (κ2) is 5.54. The second-order valence-electron chi connectivity index (χ2n) is 4.41. The minimum absolute atomic E-state index is 0.264. The Morgan fingerprint density at radius 2 is 1.90 bits per heavy atom. The molecule has 0 saturated carbocycles. The molecule has 0 unspecified atom stereocenters. The van der Waals surface area contributed by atoms with Crippen molar-refractivity contribution in [1.82, 2.24) is 14.8 Å². The fourth-order valence-corrected chi connectivity index (χ4v) is 2.59. The highest BCUT2D eigenvalue weighted by molar-refractivity contribution is 9.10. The standard InChI is InChI=1S/C15H11BrFN3/c16-12-6-11(7-13(17)9-12)8-15-19-18-10-20(15)14-4-2-1-3-5-14/h1-7,9-10H,8H2. The van der Waals surface area contributed by atoms with Gasteiger partial charge in [-0.15, -0.1) is 10.2 Å². The summed E-state index contributed by atoms with van der Waals surface area (Å²) in [7, 11) is 0. The van der Waals surface area contributed by atoms with E-state index in [1.54, 1.807) is 6.33 Å². The third-order valence-electron chi connectivity index (χ3n) is 2.94. The third kappa shape index (κ3) is 2.77. The van der Waals surface area contributed by atoms with Gasteiger partial charge in [-0.3, -0.25) is 4.57 Å². The molecule has 3 nitrogen and oxygen atoms in total. The van der Waals surface area contributed by atoms with E-state index in [0.29, 0.717) is 6.42 Å². The zero-order valence-corrected chi connectivity index (χ0v) is 12.1. The average molecular weight is 332 g/mol. The molecule has 2 aromatic carbocycles. The second-order valence-corrected chi connectivity index (χ2v) is 5.32. The molecule has 0 atom stereocenters. The Balaban J connectivity index is 1.94. The first-order chi connectivity index (χ1) is 9.72. The topological polar surface area (TPSA) is 30.7 Å². The molecule has 0 aliphatic rings. The van der Waals surface area contributed by atoms with Crippen molar-refractivity contribution in [1.29, 1.82) is 0 Å². The lowest BCUT2D eigenvalue weighted by Crippen LogP contribution is -2.01. The lowest BCUT2D eigenvalue weighted by atomic mass is 10.1. The van der Waals surface area contributed by atoms with Crippen LogP contribution < -0.4 is 0 Å². The molecule has 0 aliphatic carbocycles. The maximum atomic E-state index is 13.4. The molecule has 1 aromatic heterocycles. The van der Waals surface area contributed by atoms with Crippen LogP contribution in [0.3, 0.4) is 0 Å². The first kappa shape index (κ1) is 13.0. The number of hydrogen-bond donors (Lipinski definition) is 0. The van der Waals surface area contributed by atoms with E-state index in [1.807, 2.05) is 41.0 Å². The molecule has 1 heterocycles. The zero-order valence-electron chi connectivity index (χ0n) is 10.5. The van der Waals surface area contributed by atoms with Gasteiger partial charge in [0.25, 0.3) is 0 Å². The molecular weight excluding hydrogens is 321 g/mol. The Bertz CT molecular complexity index is 705. The fraction of sp³-hybridized carbons (Fsp3) is 0.0667. The molecule has 0 fully saturated rings. The van der Waals surface area contributed by atoms with E-state index in [0.717, 1.165) is 21.5 Å². The molecule has 5 heteroatoms.